The van der Waals surface area contributed by atoms with Crippen molar-refractivity contribution in [1.82, 2.24) is 0 Å². The van der Waals surface area contributed by atoms with Gasteiger partial charge in [0.05, 0.1) is 0 Å². The third kappa shape index (κ3) is 6.11. The number of hydrogen-bond acceptors (Lipinski definition) is 3. The lowest BCUT2D eigenvalue weighted by atomic mass is 10.4. The molecule has 0 radical (unpaired) electrons. The van der Waals surface area contributed by atoms with Gasteiger partial charge in [-0.15, -0.1) is 0 Å². The molecule has 0 aromatic heterocycles. The average molecular weight is 148 g/mol. The average Bonchev–Trinajstić information content (AvgIpc) is 1.66. The van der Waals surface area contributed by atoms with Crippen LogP contribution in [0.15, 0.2) is 12.2 Å². The molecular weight excluding hydrogens is 140 g/mol. The second-order valence-electron chi connectivity index (χ2n) is 1.41. The van der Waals surface area contributed by atoms with Crippen LogP contribution in [0, 0.1) is 0 Å². The molecule has 0 atom stereocenters. The Kier molecular flexibility index (Phi) is 5.32. The van der Waals surface area contributed by atoms with E-state index in [1.165, 1.54) is 21.6 Å². The molecule has 0 aliphatic heterocycles. The molecule has 0 rings (SSSR count). The van der Waals surface area contributed by atoms with Gasteiger partial charge in [0, 0.05) is 5.75 Å². The van der Waals surface area contributed by atoms with Crippen LogP contribution in [-0.4, -0.2) is 11.4 Å². The largest absolute Gasteiger partial charge is 0.290 e. The predicted octanol–water partition coefficient (Wildman–Crippen LogP) is 2.13. The Morgan fingerprint density at radius 2 is 2.50 bits per heavy atom. The van der Waals surface area contributed by atoms with Gasteiger partial charge in [0.2, 0.25) is 0 Å². The molecule has 3 heteroatoms. The number of carbonyl (C=O) groups excluding carboxylic acids is 1. The molecule has 0 spiro atoms. The normalized spacial score (nSPS) is 8.62. The molecule has 0 fully saturated rings. The summed E-state index contributed by atoms with van der Waals surface area (Å²) in [5, 5.41) is 0. The minimum Gasteiger partial charge on any atom is -0.290 e. The molecule has 1 nitrogen and oxygen atoms in total. The van der Waals surface area contributed by atoms with E-state index in [-0.39, 0.29) is 0 Å². The Bertz CT molecular complexity index is 90.4. The molecule has 0 N–H and O–H groups in total. The summed E-state index contributed by atoms with van der Waals surface area (Å²) in [4.78, 5) is 9.70. The van der Waals surface area contributed by atoms with Gasteiger partial charge < -0.3 is 0 Å². The highest BCUT2D eigenvalue weighted by Gasteiger charge is 1.85. The van der Waals surface area contributed by atoms with E-state index in [0.29, 0.717) is 0 Å². The second kappa shape index (κ2) is 5.25. The van der Waals surface area contributed by atoms with Crippen LogP contribution >= 0.6 is 21.6 Å². The van der Waals surface area contributed by atoms with Gasteiger partial charge in [0.25, 0.3) is 0 Å². The summed E-state index contributed by atoms with van der Waals surface area (Å²) >= 11 is 0. The molecule has 0 aromatic carbocycles. The first-order valence-electron chi connectivity index (χ1n) is 2.13. The zero-order valence-corrected chi connectivity index (χ0v) is 6.35. The van der Waals surface area contributed by atoms with E-state index >= 15 is 0 Å². The lowest BCUT2D eigenvalue weighted by molar-refractivity contribution is 0.570. The van der Waals surface area contributed by atoms with E-state index in [4.69, 9.17) is 0 Å². The highest BCUT2D eigenvalue weighted by Crippen LogP contribution is 2.19. The van der Waals surface area contributed by atoms with E-state index in [1.54, 1.807) is 0 Å². The van der Waals surface area contributed by atoms with E-state index in [2.05, 4.69) is 6.58 Å². The molecule has 0 aliphatic rings. The van der Waals surface area contributed by atoms with Crippen LogP contribution in [0.3, 0.4) is 0 Å². The number of hydrogen-bond donors (Lipinski definition) is 0. The second-order valence-corrected chi connectivity index (χ2v) is 3.61. The first-order valence-corrected chi connectivity index (χ1v) is 4.52. The van der Waals surface area contributed by atoms with Crippen LogP contribution in [0.1, 0.15) is 6.92 Å². The molecule has 8 heavy (non-hydrogen) atoms. The van der Waals surface area contributed by atoms with E-state index in [9.17, 15) is 4.79 Å². The molecule has 0 unspecified atom stereocenters. The fourth-order valence-corrected chi connectivity index (χ4v) is 1.46. The summed E-state index contributed by atoms with van der Waals surface area (Å²) < 4.78 is 0. The molecule has 0 bridgehead atoms. The van der Waals surface area contributed by atoms with Crippen LogP contribution in [-0.2, 0) is 4.79 Å². The highest BCUT2D eigenvalue weighted by atomic mass is 33.1. The summed E-state index contributed by atoms with van der Waals surface area (Å²) in [6, 6.07) is 0. The molecule has 0 saturated heterocycles. The van der Waals surface area contributed by atoms with Gasteiger partial charge in [-0.05, 0) is 17.7 Å². The maximum Gasteiger partial charge on any atom is 0.186 e. The van der Waals surface area contributed by atoms with Gasteiger partial charge in [0.15, 0.2) is 5.62 Å². The molecule has 0 aromatic rings. The Balaban J connectivity index is 2.93. The monoisotopic (exact) mass is 148 g/mol. The van der Waals surface area contributed by atoms with Gasteiger partial charge in [-0.1, -0.05) is 22.9 Å². The van der Waals surface area contributed by atoms with Gasteiger partial charge in [-0.2, -0.15) is 0 Å². The Morgan fingerprint density at radius 1 is 1.88 bits per heavy atom. The molecule has 0 aliphatic carbocycles. The van der Waals surface area contributed by atoms with Gasteiger partial charge in [-0.25, -0.2) is 0 Å². The van der Waals surface area contributed by atoms with Crippen LogP contribution < -0.4 is 0 Å². The highest BCUT2D eigenvalue weighted by molar-refractivity contribution is 8.81. The van der Waals surface area contributed by atoms with Crippen molar-refractivity contribution >= 4 is 27.2 Å². The Morgan fingerprint density at radius 3 is 2.88 bits per heavy atom. The summed E-state index contributed by atoms with van der Waals surface area (Å²) in [5.41, 5.74) is 1.93. The minimum atomic E-state index is 0.827. The third-order valence-electron chi connectivity index (χ3n) is 0.413. The topological polar surface area (TPSA) is 17.1 Å². The van der Waals surface area contributed by atoms with Crippen LogP contribution in [0.2, 0.25) is 0 Å². The number of carbonyl (C=O) groups is 1. The summed E-state index contributed by atoms with van der Waals surface area (Å²) in [7, 11) is 2.72. The van der Waals surface area contributed by atoms with Crippen molar-refractivity contribution in [2.45, 2.75) is 6.92 Å². The first kappa shape index (κ1) is 8.11. The minimum absolute atomic E-state index is 0.827. The molecule has 0 saturated carbocycles. The van der Waals surface area contributed by atoms with Crippen molar-refractivity contribution in [2.24, 2.45) is 0 Å². The lowest BCUT2D eigenvalue weighted by Gasteiger charge is -1.90. The van der Waals surface area contributed by atoms with Gasteiger partial charge in [-0.3, -0.25) is 4.79 Å². The quantitative estimate of drug-likeness (QED) is 0.263. The fourth-order valence-electron chi connectivity index (χ4n) is 0.162. The van der Waals surface area contributed by atoms with Crippen LogP contribution in [0.4, 0.5) is 0 Å². The van der Waals surface area contributed by atoms with Crippen molar-refractivity contribution in [3.63, 3.8) is 0 Å². The number of rotatable bonds is 4. The standard InChI is InChI=1S/C5H8OS2/c1-5(2)3-7-8-4-6/h4H,1,3H2,2H3. The van der Waals surface area contributed by atoms with Crippen molar-refractivity contribution in [3.8, 4) is 0 Å². The SMILES string of the molecule is C=C(C)CSSC=O. The van der Waals surface area contributed by atoms with E-state index in [1.807, 2.05) is 6.92 Å². The molecule has 46 valence electrons. The Labute approximate surface area is 57.3 Å². The maximum absolute atomic E-state index is 9.70. The maximum atomic E-state index is 9.70. The summed E-state index contributed by atoms with van der Waals surface area (Å²) in [6.45, 7) is 5.62. The van der Waals surface area contributed by atoms with Gasteiger partial charge in [0.1, 0.15) is 0 Å². The summed E-state index contributed by atoms with van der Waals surface area (Å²) in [5.74, 6) is 0.864. The molecule has 0 amide bonds. The summed E-state index contributed by atoms with van der Waals surface area (Å²) in [6.07, 6.45) is 0. The van der Waals surface area contributed by atoms with Gasteiger partial charge >= 0.3 is 0 Å². The van der Waals surface area contributed by atoms with Crippen LogP contribution in [0.5, 0.6) is 0 Å². The first-order chi connectivity index (χ1) is 3.77. The van der Waals surface area contributed by atoms with E-state index < -0.39 is 0 Å². The van der Waals surface area contributed by atoms with Crippen molar-refractivity contribution in [3.05, 3.63) is 12.2 Å². The fraction of sp³-hybridized carbons (Fsp3) is 0.400. The zero-order valence-electron chi connectivity index (χ0n) is 4.72. The Hall–Kier alpha value is 0.110. The zero-order chi connectivity index (χ0) is 6.41. The lowest BCUT2D eigenvalue weighted by Crippen LogP contribution is -1.72. The van der Waals surface area contributed by atoms with Crippen molar-refractivity contribution in [1.29, 1.82) is 0 Å². The smallest absolute Gasteiger partial charge is 0.186 e. The van der Waals surface area contributed by atoms with Crippen molar-refractivity contribution in [2.75, 3.05) is 5.75 Å². The predicted molar refractivity (Wildman–Crippen MR) is 41.6 cm³/mol. The molecular formula is C5H8OS2. The molecule has 0 heterocycles. The third-order valence-corrected chi connectivity index (χ3v) is 2.24. The van der Waals surface area contributed by atoms with E-state index in [0.717, 1.165) is 16.9 Å². The van der Waals surface area contributed by atoms with Crippen LogP contribution in [0.25, 0.3) is 0 Å². The van der Waals surface area contributed by atoms with Crippen molar-refractivity contribution < 1.29 is 4.79 Å².